The second-order valence-corrected chi connectivity index (χ2v) is 5.17. The molecule has 1 heterocycles. The number of ether oxygens (including phenoxy) is 1. The zero-order valence-corrected chi connectivity index (χ0v) is 11.7. The van der Waals surface area contributed by atoms with Gasteiger partial charge in [-0.2, -0.15) is 0 Å². The second kappa shape index (κ2) is 8.45. The van der Waals surface area contributed by atoms with Gasteiger partial charge in [0.2, 0.25) is 5.91 Å². The fraction of sp³-hybridized carbons (Fsp3) is 0.923. The zero-order chi connectivity index (χ0) is 13.4. The maximum absolute atomic E-state index is 11.7. The van der Waals surface area contributed by atoms with Gasteiger partial charge in [0.25, 0.3) is 0 Å². The van der Waals surface area contributed by atoms with Crippen molar-refractivity contribution in [3.05, 3.63) is 0 Å². The predicted molar refractivity (Wildman–Crippen MR) is 72.3 cm³/mol. The Kier molecular flexibility index (Phi) is 7.23. The molecule has 0 saturated carbocycles. The maximum atomic E-state index is 11.7. The first-order chi connectivity index (χ1) is 8.67. The summed E-state index contributed by atoms with van der Waals surface area (Å²) in [4.78, 5) is 14.2. The molecule has 106 valence electrons. The Morgan fingerprint density at radius 3 is 2.61 bits per heavy atom. The third-order valence-corrected chi connectivity index (χ3v) is 3.43. The Bertz CT molecular complexity index is 238. The van der Waals surface area contributed by atoms with Crippen LogP contribution in [0.5, 0.6) is 0 Å². The first-order valence-electron chi connectivity index (χ1n) is 6.90. The van der Waals surface area contributed by atoms with Crippen LogP contribution in [0.1, 0.15) is 26.2 Å². The van der Waals surface area contributed by atoms with Gasteiger partial charge < -0.3 is 20.7 Å². The van der Waals surface area contributed by atoms with Gasteiger partial charge in [-0.1, -0.05) is 13.3 Å². The Morgan fingerprint density at radius 1 is 1.39 bits per heavy atom. The van der Waals surface area contributed by atoms with Gasteiger partial charge in [0.15, 0.2) is 0 Å². The van der Waals surface area contributed by atoms with Crippen LogP contribution in [0.4, 0.5) is 0 Å². The van der Waals surface area contributed by atoms with E-state index in [1.807, 2.05) is 0 Å². The molecule has 0 radical (unpaired) electrons. The zero-order valence-electron chi connectivity index (χ0n) is 11.7. The summed E-state index contributed by atoms with van der Waals surface area (Å²) in [5.74, 6) is 0.354. The largest absolute Gasteiger partial charge is 0.370 e. The highest BCUT2D eigenvalue weighted by molar-refractivity contribution is 5.80. The van der Waals surface area contributed by atoms with Gasteiger partial charge in [0.1, 0.15) is 6.10 Å². The van der Waals surface area contributed by atoms with E-state index >= 15 is 0 Å². The van der Waals surface area contributed by atoms with Crippen LogP contribution in [-0.2, 0) is 9.53 Å². The van der Waals surface area contributed by atoms with Crippen LogP contribution in [0.25, 0.3) is 0 Å². The molecule has 0 aromatic rings. The average molecular weight is 257 g/mol. The summed E-state index contributed by atoms with van der Waals surface area (Å²) in [6.07, 6.45) is 3.44. The lowest BCUT2D eigenvalue weighted by atomic mass is 10.1. The molecular weight excluding hydrogens is 230 g/mol. The summed E-state index contributed by atoms with van der Waals surface area (Å²) in [6.45, 7) is 6.53. The van der Waals surface area contributed by atoms with Crippen LogP contribution in [0.3, 0.4) is 0 Å². The topological polar surface area (TPSA) is 67.6 Å². The van der Waals surface area contributed by atoms with Crippen molar-refractivity contribution in [2.45, 2.75) is 32.3 Å². The number of methoxy groups -OCH3 is 1. The molecule has 1 aliphatic heterocycles. The number of hydrogen-bond donors (Lipinski definition) is 2. The van der Waals surface area contributed by atoms with Gasteiger partial charge >= 0.3 is 0 Å². The molecule has 0 spiro atoms. The van der Waals surface area contributed by atoms with Gasteiger partial charge in [0.05, 0.1) is 0 Å². The van der Waals surface area contributed by atoms with Crippen molar-refractivity contribution in [1.29, 1.82) is 0 Å². The smallest absolute Gasteiger partial charge is 0.250 e. The molecule has 2 atom stereocenters. The number of piperidine rings is 1. The van der Waals surface area contributed by atoms with E-state index in [0.29, 0.717) is 12.5 Å². The van der Waals surface area contributed by atoms with Crippen LogP contribution in [0, 0.1) is 5.92 Å². The summed E-state index contributed by atoms with van der Waals surface area (Å²) in [6, 6.07) is 0. The number of nitrogens with one attached hydrogen (secondary N) is 1. The van der Waals surface area contributed by atoms with E-state index in [4.69, 9.17) is 10.5 Å². The molecule has 3 N–H and O–H groups in total. The van der Waals surface area contributed by atoms with Crippen molar-refractivity contribution >= 4 is 5.91 Å². The van der Waals surface area contributed by atoms with E-state index in [0.717, 1.165) is 6.54 Å². The Balaban J connectivity index is 2.19. The van der Waals surface area contributed by atoms with Crippen LogP contribution in [0.2, 0.25) is 0 Å². The summed E-state index contributed by atoms with van der Waals surface area (Å²) in [7, 11) is 1.51. The molecule has 0 aromatic carbocycles. The molecule has 0 bridgehead atoms. The summed E-state index contributed by atoms with van der Waals surface area (Å²) >= 11 is 0. The summed E-state index contributed by atoms with van der Waals surface area (Å²) < 4.78 is 5.00. The molecule has 1 amide bonds. The molecule has 5 nitrogen and oxygen atoms in total. The average Bonchev–Trinajstić information content (AvgIpc) is 2.39. The molecule has 0 aliphatic carbocycles. The molecule has 1 rings (SSSR count). The normalized spacial score (nSPS) is 20.4. The number of carbonyl (C=O) groups excluding carboxylic acids is 1. The van der Waals surface area contributed by atoms with Crippen LogP contribution >= 0.6 is 0 Å². The quantitative estimate of drug-likeness (QED) is 0.683. The van der Waals surface area contributed by atoms with Crippen molar-refractivity contribution in [2.75, 3.05) is 39.8 Å². The van der Waals surface area contributed by atoms with Crippen molar-refractivity contribution in [3.8, 4) is 0 Å². The molecular formula is C13H27N3O2. The number of likely N-dealkylation sites (tertiary alicyclic amines) is 1. The first-order valence-corrected chi connectivity index (χ1v) is 6.90. The van der Waals surface area contributed by atoms with Crippen LogP contribution in [0.15, 0.2) is 0 Å². The lowest BCUT2D eigenvalue weighted by molar-refractivity contribution is -0.130. The molecule has 1 aliphatic rings. The van der Waals surface area contributed by atoms with Gasteiger partial charge in [-0.3, -0.25) is 4.79 Å². The van der Waals surface area contributed by atoms with Crippen molar-refractivity contribution < 1.29 is 9.53 Å². The summed E-state index contributed by atoms with van der Waals surface area (Å²) in [5.41, 5.74) is 5.45. The molecule has 1 fully saturated rings. The number of hydrogen-bond acceptors (Lipinski definition) is 4. The van der Waals surface area contributed by atoms with E-state index in [1.165, 1.54) is 39.5 Å². The molecule has 0 aromatic heterocycles. The SMILES string of the molecule is COC(CN)C(=O)NCC(C)CN1CCCCC1. The lowest BCUT2D eigenvalue weighted by Gasteiger charge is -2.29. The second-order valence-electron chi connectivity index (χ2n) is 5.17. The Labute approximate surface area is 110 Å². The van der Waals surface area contributed by atoms with E-state index in [9.17, 15) is 4.79 Å². The highest BCUT2D eigenvalue weighted by Gasteiger charge is 2.17. The monoisotopic (exact) mass is 257 g/mol. The van der Waals surface area contributed by atoms with Crippen molar-refractivity contribution in [3.63, 3.8) is 0 Å². The van der Waals surface area contributed by atoms with Crippen LogP contribution < -0.4 is 11.1 Å². The first kappa shape index (κ1) is 15.4. The van der Waals surface area contributed by atoms with Gasteiger partial charge in [-0.15, -0.1) is 0 Å². The maximum Gasteiger partial charge on any atom is 0.250 e. The third-order valence-electron chi connectivity index (χ3n) is 3.43. The standard InChI is InChI=1S/C13H27N3O2/c1-11(10-16-6-4-3-5-7-16)9-15-13(17)12(8-14)18-2/h11-12H,3-10,14H2,1-2H3,(H,15,17). The minimum Gasteiger partial charge on any atom is -0.370 e. The van der Waals surface area contributed by atoms with Gasteiger partial charge in [-0.25, -0.2) is 0 Å². The number of amides is 1. The van der Waals surface area contributed by atoms with Crippen LogP contribution in [-0.4, -0.2) is 56.7 Å². The van der Waals surface area contributed by atoms with Crippen molar-refractivity contribution in [2.24, 2.45) is 11.7 Å². The number of nitrogens with zero attached hydrogens (tertiary/aromatic N) is 1. The van der Waals surface area contributed by atoms with E-state index in [1.54, 1.807) is 0 Å². The minimum atomic E-state index is -0.521. The lowest BCUT2D eigenvalue weighted by Crippen LogP contribution is -2.44. The van der Waals surface area contributed by atoms with E-state index in [2.05, 4.69) is 17.1 Å². The van der Waals surface area contributed by atoms with E-state index < -0.39 is 6.10 Å². The molecule has 2 unspecified atom stereocenters. The summed E-state index contributed by atoms with van der Waals surface area (Å²) in [5, 5.41) is 2.90. The molecule has 18 heavy (non-hydrogen) atoms. The molecule has 5 heteroatoms. The Hall–Kier alpha value is -0.650. The third kappa shape index (κ3) is 5.33. The fourth-order valence-electron chi connectivity index (χ4n) is 2.35. The fourth-order valence-corrected chi connectivity index (χ4v) is 2.35. The highest BCUT2D eigenvalue weighted by Crippen LogP contribution is 2.10. The van der Waals surface area contributed by atoms with Gasteiger partial charge in [0, 0.05) is 26.7 Å². The number of carbonyl (C=O) groups is 1. The van der Waals surface area contributed by atoms with Crippen molar-refractivity contribution in [1.82, 2.24) is 10.2 Å². The number of nitrogens with two attached hydrogens (primary N) is 1. The van der Waals surface area contributed by atoms with E-state index in [-0.39, 0.29) is 12.5 Å². The highest BCUT2D eigenvalue weighted by atomic mass is 16.5. The van der Waals surface area contributed by atoms with Gasteiger partial charge in [-0.05, 0) is 31.8 Å². The minimum absolute atomic E-state index is 0.106. The Morgan fingerprint density at radius 2 is 2.06 bits per heavy atom. The molecule has 1 saturated heterocycles. The predicted octanol–water partition coefficient (Wildman–Crippen LogP) is 0.198. The number of rotatable bonds is 7.